The van der Waals surface area contributed by atoms with Crippen LogP contribution in [-0.2, 0) is 6.42 Å². The normalized spacial score (nSPS) is 24.9. The third-order valence-electron chi connectivity index (χ3n) is 4.62. The molecule has 0 saturated heterocycles. The molecule has 2 aromatic carbocycles. The minimum Gasteiger partial charge on any atom is -0.384 e. The number of hydrogen-bond donors (Lipinski definition) is 1. The smallest absolute Gasteiger partial charge is 0.131 e. The molecule has 0 bridgehead atoms. The van der Waals surface area contributed by atoms with Crippen molar-refractivity contribution >= 4 is 5.69 Å². The van der Waals surface area contributed by atoms with Gasteiger partial charge in [-0.05, 0) is 29.9 Å². The summed E-state index contributed by atoms with van der Waals surface area (Å²) in [5, 5.41) is 3.35. The Kier molecular flexibility index (Phi) is 2.76. The Morgan fingerprint density at radius 2 is 1.90 bits per heavy atom. The molecule has 2 aromatic rings. The number of halogens is 1. The van der Waals surface area contributed by atoms with Crippen LogP contribution in [0.25, 0.3) is 0 Å². The molecule has 3 unspecified atom stereocenters. The largest absolute Gasteiger partial charge is 0.384 e. The lowest BCUT2D eigenvalue weighted by Crippen LogP contribution is -2.01. The Hall–Kier alpha value is -1.83. The molecule has 1 aliphatic carbocycles. The van der Waals surface area contributed by atoms with Gasteiger partial charge >= 0.3 is 0 Å². The number of anilines is 1. The first-order chi connectivity index (χ1) is 9.84. The van der Waals surface area contributed by atoms with Gasteiger partial charge in [-0.25, -0.2) is 4.39 Å². The van der Waals surface area contributed by atoms with Crippen LogP contribution in [0.15, 0.2) is 48.5 Å². The molecule has 20 heavy (non-hydrogen) atoms. The van der Waals surface area contributed by atoms with E-state index in [1.165, 1.54) is 11.1 Å². The van der Waals surface area contributed by atoms with Crippen molar-refractivity contribution in [3.8, 4) is 0 Å². The molecule has 2 aliphatic rings. The van der Waals surface area contributed by atoms with Crippen molar-refractivity contribution in [2.24, 2.45) is 5.92 Å². The zero-order chi connectivity index (χ0) is 13.5. The summed E-state index contributed by atoms with van der Waals surface area (Å²) in [6.07, 6.45) is 1.14. The van der Waals surface area contributed by atoms with Crippen LogP contribution in [0.2, 0.25) is 0 Å². The van der Waals surface area contributed by atoms with E-state index in [9.17, 15) is 4.39 Å². The lowest BCUT2D eigenvalue weighted by Gasteiger charge is -2.13. The molecule has 1 fully saturated rings. The van der Waals surface area contributed by atoms with E-state index in [2.05, 4.69) is 23.5 Å². The SMILES string of the molecule is FC(c1cccc2c1NCC2)C1CC1c1ccccc1. The van der Waals surface area contributed by atoms with Crippen molar-refractivity contribution in [3.05, 3.63) is 65.2 Å². The van der Waals surface area contributed by atoms with Gasteiger partial charge in [0.25, 0.3) is 0 Å². The standard InChI is InChI=1S/C18H18FN/c19-17(14-8-4-7-13-9-10-20-18(13)14)16-11-15(16)12-5-2-1-3-6-12/h1-8,15-17,20H,9-11H2. The average molecular weight is 267 g/mol. The minimum atomic E-state index is -0.847. The number of nitrogens with one attached hydrogen (secondary N) is 1. The molecule has 102 valence electrons. The van der Waals surface area contributed by atoms with Gasteiger partial charge < -0.3 is 5.32 Å². The average Bonchev–Trinajstić information content (AvgIpc) is 3.16. The van der Waals surface area contributed by atoms with E-state index < -0.39 is 6.17 Å². The molecular formula is C18H18FN. The van der Waals surface area contributed by atoms with Crippen LogP contribution in [0, 0.1) is 5.92 Å². The highest BCUT2D eigenvalue weighted by atomic mass is 19.1. The summed E-state index contributed by atoms with van der Waals surface area (Å²) in [6.45, 7) is 0.936. The fourth-order valence-corrected chi connectivity index (χ4v) is 3.45. The van der Waals surface area contributed by atoms with Gasteiger partial charge in [0.05, 0.1) is 0 Å². The molecule has 4 rings (SSSR count). The molecule has 1 saturated carbocycles. The fraction of sp³-hybridized carbons (Fsp3) is 0.333. The Bertz CT molecular complexity index is 623. The van der Waals surface area contributed by atoms with Gasteiger partial charge in [-0.15, -0.1) is 0 Å². The molecule has 0 radical (unpaired) electrons. The van der Waals surface area contributed by atoms with E-state index in [4.69, 9.17) is 0 Å². The number of benzene rings is 2. The summed E-state index contributed by atoms with van der Waals surface area (Å²) in [5.41, 5.74) is 4.46. The number of alkyl halides is 1. The summed E-state index contributed by atoms with van der Waals surface area (Å²) >= 11 is 0. The van der Waals surface area contributed by atoms with E-state index in [0.29, 0.717) is 5.92 Å². The first-order valence-corrected chi connectivity index (χ1v) is 7.39. The quantitative estimate of drug-likeness (QED) is 0.865. The minimum absolute atomic E-state index is 0.145. The molecular weight excluding hydrogens is 249 g/mol. The van der Waals surface area contributed by atoms with E-state index in [0.717, 1.165) is 30.6 Å². The first kappa shape index (κ1) is 12.0. The number of para-hydroxylation sites is 1. The van der Waals surface area contributed by atoms with Gasteiger partial charge in [0.2, 0.25) is 0 Å². The number of rotatable bonds is 3. The molecule has 1 N–H and O–H groups in total. The zero-order valence-corrected chi connectivity index (χ0v) is 11.4. The fourth-order valence-electron chi connectivity index (χ4n) is 3.45. The van der Waals surface area contributed by atoms with E-state index in [1.54, 1.807) is 0 Å². The van der Waals surface area contributed by atoms with E-state index in [-0.39, 0.29) is 5.92 Å². The maximum Gasteiger partial charge on any atom is 0.131 e. The van der Waals surface area contributed by atoms with Crippen LogP contribution in [0.1, 0.15) is 35.2 Å². The summed E-state index contributed by atoms with van der Waals surface area (Å²) in [6, 6.07) is 16.4. The predicted molar refractivity (Wildman–Crippen MR) is 79.8 cm³/mol. The Morgan fingerprint density at radius 1 is 1.05 bits per heavy atom. The van der Waals surface area contributed by atoms with Gasteiger partial charge in [-0.1, -0.05) is 48.5 Å². The molecule has 3 atom stereocenters. The zero-order valence-electron chi connectivity index (χ0n) is 11.4. The monoisotopic (exact) mass is 267 g/mol. The van der Waals surface area contributed by atoms with Gasteiger partial charge in [0.1, 0.15) is 6.17 Å². The van der Waals surface area contributed by atoms with Crippen LogP contribution in [0.5, 0.6) is 0 Å². The van der Waals surface area contributed by atoms with Gasteiger partial charge in [-0.2, -0.15) is 0 Å². The maximum atomic E-state index is 14.9. The molecule has 1 aliphatic heterocycles. The van der Waals surface area contributed by atoms with Crippen LogP contribution < -0.4 is 5.32 Å². The van der Waals surface area contributed by atoms with Gasteiger partial charge in [0.15, 0.2) is 0 Å². The van der Waals surface area contributed by atoms with Crippen LogP contribution in [-0.4, -0.2) is 6.54 Å². The molecule has 0 spiro atoms. The van der Waals surface area contributed by atoms with Crippen molar-refractivity contribution < 1.29 is 4.39 Å². The highest BCUT2D eigenvalue weighted by Gasteiger charge is 2.45. The van der Waals surface area contributed by atoms with E-state index >= 15 is 0 Å². The highest BCUT2D eigenvalue weighted by molar-refractivity contribution is 5.62. The van der Waals surface area contributed by atoms with Crippen LogP contribution >= 0.6 is 0 Å². The van der Waals surface area contributed by atoms with Crippen molar-refractivity contribution in [1.82, 2.24) is 0 Å². The second-order valence-electron chi connectivity index (χ2n) is 5.88. The Morgan fingerprint density at radius 3 is 2.75 bits per heavy atom. The van der Waals surface area contributed by atoms with Crippen molar-refractivity contribution in [2.75, 3.05) is 11.9 Å². The maximum absolute atomic E-state index is 14.9. The van der Waals surface area contributed by atoms with Crippen molar-refractivity contribution in [2.45, 2.75) is 24.9 Å². The third kappa shape index (κ3) is 1.91. The van der Waals surface area contributed by atoms with Crippen molar-refractivity contribution in [1.29, 1.82) is 0 Å². The second-order valence-corrected chi connectivity index (χ2v) is 5.88. The molecule has 0 aromatic heterocycles. The number of hydrogen-bond acceptors (Lipinski definition) is 1. The van der Waals surface area contributed by atoms with Gasteiger partial charge in [0, 0.05) is 23.7 Å². The molecule has 0 amide bonds. The molecule has 2 heteroatoms. The predicted octanol–water partition coefficient (Wildman–Crippen LogP) is 4.47. The lowest BCUT2D eigenvalue weighted by atomic mass is 9.99. The second kappa shape index (κ2) is 4.62. The van der Waals surface area contributed by atoms with Crippen LogP contribution in [0.4, 0.5) is 10.1 Å². The summed E-state index contributed by atoms with van der Waals surface area (Å²) < 4.78 is 14.9. The Balaban J connectivity index is 1.58. The first-order valence-electron chi connectivity index (χ1n) is 7.39. The third-order valence-corrected chi connectivity index (χ3v) is 4.62. The molecule has 1 nitrogen and oxygen atoms in total. The van der Waals surface area contributed by atoms with Crippen LogP contribution in [0.3, 0.4) is 0 Å². The summed E-state index contributed by atoms with van der Waals surface area (Å²) in [5.74, 6) is 0.537. The Labute approximate surface area is 118 Å². The van der Waals surface area contributed by atoms with Gasteiger partial charge in [-0.3, -0.25) is 0 Å². The van der Waals surface area contributed by atoms with Crippen molar-refractivity contribution in [3.63, 3.8) is 0 Å². The van der Waals surface area contributed by atoms with E-state index in [1.807, 2.05) is 30.3 Å². The lowest BCUT2D eigenvalue weighted by molar-refractivity contribution is 0.302. The summed E-state index contributed by atoms with van der Waals surface area (Å²) in [7, 11) is 0. The topological polar surface area (TPSA) is 12.0 Å². The molecule has 1 heterocycles. The summed E-state index contributed by atoms with van der Waals surface area (Å²) in [4.78, 5) is 0. The highest BCUT2D eigenvalue weighted by Crippen LogP contribution is 2.56. The number of fused-ring (bicyclic) bond motifs is 1.